The molecule has 0 aromatic heterocycles. The molecule has 0 unspecified atom stereocenters. The second-order valence-electron chi connectivity index (χ2n) is 4.51. The fraction of sp³-hybridized carbons (Fsp3) is 0.538. The number of hydrogen-bond donors (Lipinski definition) is 1. The van der Waals surface area contributed by atoms with E-state index in [1.54, 1.807) is 7.05 Å². The summed E-state index contributed by atoms with van der Waals surface area (Å²) in [6.07, 6.45) is 1.57. The van der Waals surface area contributed by atoms with Gasteiger partial charge in [0.1, 0.15) is 0 Å². The Morgan fingerprint density at radius 2 is 1.84 bits per heavy atom. The van der Waals surface area contributed by atoms with Gasteiger partial charge in [-0.2, -0.15) is 0 Å². The molecule has 1 aromatic carbocycles. The molecule has 0 aliphatic carbocycles. The van der Waals surface area contributed by atoms with Crippen molar-refractivity contribution in [2.75, 3.05) is 26.4 Å². The van der Waals surface area contributed by atoms with E-state index >= 15 is 0 Å². The Morgan fingerprint density at radius 3 is 2.42 bits per heavy atom. The van der Waals surface area contributed by atoms with Crippen LogP contribution in [0.25, 0.3) is 0 Å². The van der Waals surface area contributed by atoms with Gasteiger partial charge in [0, 0.05) is 18.1 Å². The number of nitrogens with zero attached hydrogens (tertiary/aromatic N) is 1. The average molecular weight is 349 g/mol. The maximum atomic E-state index is 12.1. The number of unbranched alkanes of at least 4 members (excludes halogenated alkanes) is 1. The summed E-state index contributed by atoms with van der Waals surface area (Å²) >= 11 is 3.36. The molecule has 0 saturated heterocycles. The van der Waals surface area contributed by atoms with E-state index in [1.807, 2.05) is 31.3 Å². The summed E-state index contributed by atoms with van der Waals surface area (Å²) in [6.45, 7) is 1.27. The molecular formula is C13H21BrN2O2S. The average Bonchev–Trinajstić information content (AvgIpc) is 2.37. The SMILES string of the molecule is CNCCCCS(=O)(=O)N(C)Cc1ccc(Br)cc1. The van der Waals surface area contributed by atoms with E-state index in [1.165, 1.54) is 4.31 Å². The molecule has 108 valence electrons. The number of halogens is 1. The maximum Gasteiger partial charge on any atom is 0.214 e. The Morgan fingerprint density at radius 1 is 1.21 bits per heavy atom. The first-order valence-corrected chi connectivity index (χ1v) is 8.69. The fourth-order valence-electron chi connectivity index (χ4n) is 1.69. The first-order valence-electron chi connectivity index (χ1n) is 6.29. The van der Waals surface area contributed by atoms with Crippen LogP contribution in [0.1, 0.15) is 18.4 Å². The van der Waals surface area contributed by atoms with Gasteiger partial charge in [-0.1, -0.05) is 28.1 Å². The van der Waals surface area contributed by atoms with E-state index in [0.717, 1.165) is 23.0 Å². The largest absolute Gasteiger partial charge is 0.320 e. The monoisotopic (exact) mass is 348 g/mol. The summed E-state index contributed by atoms with van der Waals surface area (Å²) in [5.74, 6) is 0.210. The van der Waals surface area contributed by atoms with E-state index in [2.05, 4.69) is 21.2 Å². The summed E-state index contributed by atoms with van der Waals surface area (Å²) in [5.41, 5.74) is 0.990. The number of hydrogen-bond acceptors (Lipinski definition) is 3. The van der Waals surface area contributed by atoms with E-state index in [9.17, 15) is 8.42 Å². The quantitative estimate of drug-likeness (QED) is 0.732. The van der Waals surface area contributed by atoms with Crippen LogP contribution < -0.4 is 5.32 Å². The molecule has 1 aromatic rings. The van der Waals surface area contributed by atoms with Gasteiger partial charge in [-0.15, -0.1) is 0 Å². The summed E-state index contributed by atoms with van der Waals surface area (Å²) < 4.78 is 26.5. The van der Waals surface area contributed by atoms with E-state index in [4.69, 9.17) is 0 Å². The molecule has 0 heterocycles. The van der Waals surface area contributed by atoms with Crippen LogP contribution in [0.2, 0.25) is 0 Å². The predicted octanol–water partition coefficient (Wildman–Crippen LogP) is 2.21. The third-order valence-corrected chi connectivity index (χ3v) is 5.28. The second-order valence-corrected chi connectivity index (χ2v) is 7.62. The Kier molecular flexibility index (Phi) is 6.99. The molecule has 1 N–H and O–H groups in total. The van der Waals surface area contributed by atoms with E-state index in [0.29, 0.717) is 13.0 Å². The Bertz CT molecular complexity index is 474. The highest BCUT2D eigenvalue weighted by atomic mass is 79.9. The van der Waals surface area contributed by atoms with Crippen molar-refractivity contribution in [2.45, 2.75) is 19.4 Å². The van der Waals surface area contributed by atoms with E-state index < -0.39 is 10.0 Å². The number of rotatable bonds is 8. The number of benzene rings is 1. The van der Waals surface area contributed by atoms with Gasteiger partial charge in [0.25, 0.3) is 0 Å². The summed E-state index contributed by atoms with van der Waals surface area (Å²) in [4.78, 5) is 0. The van der Waals surface area contributed by atoms with Crippen LogP contribution in [-0.4, -0.2) is 39.1 Å². The molecule has 4 nitrogen and oxygen atoms in total. The molecule has 0 atom stereocenters. The lowest BCUT2D eigenvalue weighted by Crippen LogP contribution is -2.29. The minimum absolute atomic E-state index is 0.210. The summed E-state index contributed by atoms with van der Waals surface area (Å²) in [7, 11) is 0.348. The third kappa shape index (κ3) is 6.03. The number of sulfonamides is 1. The van der Waals surface area contributed by atoms with Gasteiger partial charge in [-0.3, -0.25) is 0 Å². The van der Waals surface area contributed by atoms with Crippen molar-refractivity contribution in [1.82, 2.24) is 9.62 Å². The van der Waals surface area contributed by atoms with Crippen LogP contribution in [-0.2, 0) is 16.6 Å². The lowest BCUT2D eigenvalue weighted by atomic mass is 10.2. The zero-order chi connectivity index (χ0) is 14.3. The van der Waals surface area contributed by atoms with Crippen LogP contribution >= 0.6 is 15.9 Å². The van der Waals surface area contributed by atoms with Gasteiger partial charge in [0.05, 0.1) is 5.75 Å². The van der Waals surface area contributed by atoms with Gasteiger partial charge in [-0.05, 0) is 44.1 Å². The highest BCUT2D eigenvalue weighted by molar-refractivity contribution is 9.10. The lowest BCUT2D eigenvalue weighted by molar-refractivity contribution is 0.464. The molecule has 0 aliphatic heterocycles. The van der Waals surface area contributed by atoms with Crippen molar-refractivity contribution in [3.63, 3.8) is 0 Å². The molecule has 0 bridgehead atoms. The molecule has 0 aliphatic rings. The van der Waals surface area contributed by atoms with Crippen LogP contribution in [0.15, 0.2) is 28.7 Å². The van der Waals surface area contributed by atoms with Crippen LogP contribution in [0.5, 0.6) is 0 Å². The van der Waals surface area contributed by atoms with Crippen molar-refractivity contribution in [1.29, 1.82) is 0 Å². The van der Waals surface area contributed by atoms with Crippen molar-refractivity contribution < 1.29 is 8.42 Å². The maximum absolute atomic E-state index is 12.1. The minimum atomic E-state index is -3.16. The highest BCUT2D eigenvalue weighted by Gasteiger charge is 2.17. The minimum Gasteiger partial charge on any atom is -0.320 e. The van der Waals surface area contributed by atoms with Crippen LogP contribution in [0, 0.1) is 0 Å². The molecule has 19 heavy (non-hydrogen) atoms. The van der Waals surface area contributed by atoms with Crippen LogP contribution in [0.3, 0.4) is 0 Å². The van der Waals surface area contributed by atoms with Crippen molar-refractivity contribution in [3.8, 4) is 0 Å². The number of nitrogens with one attached hydrogen (secondary N) is 1. The van der Waals surface area contributed by atoms with Gasteiger partial charge in [-0.25, -0.2) is 12.7 Å². The molecular weight excluding hydrogens is 328 g/mol. The molecule has 0 amide bonds. The van der Waals surface area contributed by atoms with Gasteiger partial charge in [0.15, 0.2) is 0 Å². The Hall–Kier alpha value is -0.430. The predicted molar refractivity (Wildman–Crippen MR) is 82.6 cm³/mol. The molecule has 0 spiro atoms. The zero-order valence-corrected chi connectivity index (χ0v) is 13.8. The van der Waals surface area contributed by atoms with Crippen LogP contribution in [0.4, 0.5) is 0 Å². The van der Waals surface area contributed by atoms with Gasteiger partial charge >= 0.3 is 0 Å². The zero-order valence-electron chi connectivity index (χ0n) is 11.4. The standard InChI is InChI=1S/C13H21BrN2O2S/c1-15-9-3-4-10-19(17,18)16(2)11-12-5-7-13(14)8-6-12/h5-8,15H,3-4,9-11H2,1-2H3. The molecule has 0 fully saturated rings. The normalized spacial score (nSPS) is 12.0. The van der Waals surface area contributed by atoms with Crippen molar-refractivity contribution in [3.05, 3.63) is 34.3 Å². The fourth-order valence-corrected chi connectivity index (χ4v) is 3.18. The van der Waals surface area contributed by atoms with Gasteiger partial charge < -0.3 is 5.32 Å². The van der Waals surface area contributed by atoms with E-state index in [-0.39, 0.29) is 5.75 Å². The Balaban J connectivity index is 2.51. The second kappa shape index (κ2) is 7.99. The van der Waals surface area contributed by atoms with Gasteiger partial charge in [0.2, 0.25) is 10.0 Å². The Labute approximate surface area is 124 Å². The highest BCUT2D eigenvalue weighted by Crippen LogP contribution is 2.13. The molecule has 1 rings (SSSR count). The summed E-state index contributed by atoms with van der Waals surface area (Å²) in [5, 5.41) is 3.02. The molecule has 0 radical (unpaired) electrons. The van der Waals surface area contributed by atoms with Crippen molar-refractivity contribution >= 4 is 26.0 Å². The van der Waals surface area contributed by atoms with Crippen molar-refractivity contribution in [2.24, 2.45) is 0 Å². The summed E-state index contributed by atoms with van der Waals surface area (Å²) in [6, 6.07) is 7.69. The molecule has 0 saturated carbocycles. The first-order chi connectivity index (χ1) is 8.95. The third-order valence-electron chi connectivity index (χ3n) is 2.87. The smallest absolute Gasteiger partial charge is 0.214 e. The molecule has 6 heteroatoms. The lowest BCUT2D eigenvalue weighted by Gasteiger charge is -2.17. The topological polar surface area (TPSA) is 49.4 Å². The first kappa shape index (κ1) is 16.6.